The van der Waals surface area contributed by atoms with Crippen LogP contribution in [0.15, 0.2) is 41.8 Å². The molecule has 29 heavy (non-hydrogen) atoms. The Labute approximate surface area is 182 Å². The molecular weight excluding hydrogens is 406 g/mol. The predicted molar refractivity (Wildman–Crippen MR) is 118 cm³/mol. The van der Waals surface area contributed by atoms with E-state index in [1.54, 1.807) is 11.3 Å². The lowest BCUT2D eigenvalue weighted by molar-refractivity contribution is -0.137. The van der Waals surface area contributed by atoms with Crippen LogP contribution in [0.25, 0.3) is 0 Å². The average molecular weight is 434 g/mol. The molecule has 0 unspecified atom stereocenters. The number of rotatable bonds is 5. The van der Waals surface area contributed by atoms with E-state index in [4.69, 9.17) is 5.73 Å². The van der Waals surface area contributed by atoms with E-state index in [0.29, 0.717) is 26.2 Å². The molecule has 2 amide bonds. The number of nitrogens with zero attached hydrogens (tertiary/aromatic N) is 2. The van der Waals surface area contributed by atoms with Crippen molar-refractivity contribution in [1.82, 2.24) is 9.80 Å². The lowest BCUT2D eigenvalue weighted by atomic mass is 9.89. The van der Waals surface area contributed by atoms with Crippen molar-refractivity contribution in [3.63, 3.8) is 0 Å². The third kappa shape index (κ3) is 4.82. The minimum atomic E-state index is 0. The van der Waals surface area contributed by atoms with Gasteiger partial charge < -0.3 is 15.5 Å². The lowest BCUT2D eigenvalue weighted by Gasteiger charge is -2.27. The standard InChI is InChI=1S/C22H27N3O2S.ClH/c23-12-18-14-25(15-19(18)16-4-2-1-3-5-16)22(27)7-6-21(26)24-10-8-20-17(13-24)9-11-28-20;/h1-5,9,11,18-19H,6-8,10,12-15,23H2;1H/t18-,19+;/m1./s1. The van der Waals surface area contributed by atoms with Gasteiger partial charge in [0.25, 0.3) is 0 Å². The molecular formula is C22H28ClN3O2S. The summed E-state index contributed by atoms with van der Waals surface area (Å²) in [7, 11) is 0. The highest BCUT2D eigenvalue weighted by Gasteiger charge is 2.35. The van der Waals surface area contributed by atoms with Crippen LogP contribution in [0.1, 0.15) is 34.8 Å². The SMILES string of the molecule is Cl.NC[C@@H]1CN(C(=O)CCC(=O)N2CCc3sccc3C2)C[C@H]1c1ccccc1. The van der Waals surface area contributed by atoms with E-state index in [1.165, 1.54) is 16.0 Å². The number of thiophene rings is 1. The van der Waals surface area contributed by atoms with Crippen LogP contribution in [0.4, 0.5) is 0 Å². The Balaban J connectivity index is 0.00000240. The number of fused-ring (bicyclic) bond motifs is 1. The molecule has 1 aromatic heterocycles. The van der Waals surface area contributed by atoms with Crippen LogP contribution >= 0.6 is 23.7 Å². The molecule has 3 heterocycles. The summed E-state index contributed by atoms with van der Waals surface area (Å²) >= 11 is 1.77. The second-order valence-corrected chi connectivity index (χ2v) is 8.75. The molecule has 0 spiro atoms. The minimum absolute atomic E-state index is 0. The van der Waals surface area contributed by atoms with Crippen molar-refractivity contribution < 1.29 is 9.59 Å². The van der Waals surface area contributed by atoms with Crippen molar-refractivity contribution in [1.29, 1.82) is 0 Å². The summed E-state index contributed by atoms with van der Waals surface area (Å²) in [6.07, 6.45) is 1.50. The number of benzene rings is 1. The zero-order valence-corrected chi connectivity index (χ0v) is 18.1. The minimum Gasteiger partial charge on any atom is -0.342 e. The maximum atomic E-state index is 12.7. The summed E-state index contributed by atoms with van der Waals surface area (Å²) < 4.78 is 0. The average Bonchev–Trinajstić information content (AvgIpc) is 3.38. The number of hydrogen-bond donors (Lipinski definition) is 1. The van der Waals surface area contributed by atoms with Gasteiger partial charge in [-0.25, -0.2) is 0 Å². The first-order chi connectivity index (χ1) is 13.7. The quantitative estimate of drug-likeness (QED) is 0.788. The Morgan fingerprint density at radius 3 is 2.48 bits per heavy atom. The molecule has 0 bridgehead atoms. The third-order valence-corrected chi connectivity index (χ3v) is 7.06. The smallest absolute Gasteiger partial charge is 0.223 e. The zero-order chi connectivity index (χ0) is 19.5. The third-order valence-electron chi connectivity index (χ3n) is 6.04. The topological polar surface area (TPSA) is 66.6 Å². The van der Waals surface area contributed by atoms with Gasteiger partial charge in [-0.15, -0.1) is 23.7 Å². The van der Waals surface area contributed by atoms with Crippen LogP contribution in [-0.2, 0) is 22.6 Å². The van der Waals surface area contributed by atoms with E-state index in [1.807, 2.05) is 28.0 Å². The first-order valence-electron chi connectivity index (χ1n) is 10.0. The second-order valence-electron chi connectivity index (χ2n) is 7.75. The van der Waals surface area contributed by atoms with Crippen LogP contribution in [0, 0.1) is 5.92 Å². The van der Waals surface area contributed by atoms with Crippen molar-refractivity contribution in [2.75, 3.05) is 26.2 Å². The van der Waals surface area contributed by atoms with Gasteiger partial charge in [0.1, 0.15) is 0 Å². The molecule has 2 aliphatic rings. The highest BCUT2D eigenvalue weighted by atomic mass is 35.5. The molecule has 7 heteroatoms. The maximum Gasteiger partial charge on any atom is 0.223 e. The van der Waals surface area contributed by atoms with Gasteiger partial charge in [0.05, 0.1) is 0 Å². The summed E-state index contributed by atoms with van der Waals surface area (Å²) in [6, 6.07) is 12.4. The maximum absolute atomic E-state index is 12.7. The van der Waals surface area contributed by atoms with E-state index >= 15 is 0 Å². The van der Waals surface area contributed by atoms with Crippen LogP contribution in [-0.4, -0.2) is 47.8 Å². The van der Waals surface area contributed by atoms with Gasteiger partial charge in [-0.2, -0.15) is 0 Å². The Kier molecular flexibility index (Phi) is 7.33. The molecule has 1 fully saturated rings. The van der Waals surface area contributed by atoms with Gasteiger partial charge >= 0.3 is 0 Å². The van der Waals surface area contributed by atoms with Crippen LogP contribution in [0.5, 0.6) is 0 Å². The largest absolute Gasteiger partial charge is 0.342 e. The number of hydrogen-bond acceptors (Lipinski definition) is 4. The highest BCUT2D eigenvalue weighted by Crippen LogP contribution is 2.32. The lowest BCUT2D eigenvalue weighted by Crippen LogP contribution is -2.36. The number of halogens is 1. The summed E-state index contributed by atoms with van der Waals surface area (Å²) in [4.78, 5) is 30.5. The molecule has 0 aliphatic carbocycles. The molecule has 0 saturated carbocycles. The van der Waals surface area contributed by atoms with E-state index in [2.05, 4.69) is 23.6 Å². The van der Waals surface area contributed by atoms with Gasteiger partial charge in [0.15, 0.2) is 0 Å². The summed E-state index contributed by atoms with van der Waals surface area (Å²) in [6.45, 7) is 3.39. The molecule has 5 nitrogen and oxygen atoms in total. The second kappa shape index (κ2) is 9.74. The molecule has 2 atom stereocenters. The van der Waals surface area contributed by atoms with Crippen LogP contribution in [0.3, 0.4) is 0 Å². The fraction of sp³-hybridized carbons (Fsp3) is 0.455. The number of likely N-dealkylation sites (tertiary alicyclic amines) is 1. The van der Waals surface area contributed by atoms with Gasteiger partial charge in [-0.3, -0.25) is 9.59 Å². The number of carbonyl (C=O) groups excluding carboxylic acids is 2. The predicted octanol–water partition coefficient (Wildman–Crippen LogP) is 3.04. The number of amides is 2. The van der Waals surface area contributed by atoms with Crippen LogP contribution in [0.2, 0.25) is 0 Å². The fourth-order valence-electron chi connectivity index (χ4n) is 4.38. The van der Waals surface area contributed by atoms with Crippen molar-refractivity contribution in [2.45, 2.75) is 31.7 Å². The van der Waals surface area contributed by atoms with E-state index < -0.39 is 0 Å². The monoisotopic (exact) mass is 433 g/mol. The Bertz CT molecular complexity index is 842. The normalized spacial score (nSPS) is 20.9. The molecule has 2 N–H and O–H groups in total. The first-order valence-corrected chi connectivity index (χ1v) is 10.9. The first kappa shape index (κ1) is 21.8. The van der Waals surface area contributed by atoms with Crippen LogP contribution < -0.4 is 5.73 Å². The highest BCUT2D eigenvalue weighted by molar-refractivity contribution is 7.10. The number of carbonyl (C=O) groups is 2. The Morgan fingerprint density at radius 2 is 1.76 bits per heavy atom. The summed E-state index contributed by atoms with van der Waals surface area (Å²) in [5, 5.41) is 2.09. The van der Waals surface area contributed by atoms with Crippen molar-refractivity contribution >= 4 is 35.6 Å². The Morgan fingerprint density at radius 1 is 1.03 bits per heavy atom. The van der Waals surface area contributed by atoms with Crippen molar-refractivity contribution in [3.8, 4) is 0 Å². The van der Waals surface area contributed by atoms with Crippen molar-refractivity contribution in [3.05, 3.63) is 57.8 Å². The van der Waals surface area contributed by atoms with Gasteiger partial charge in [-0.1, -0.05) is 30.3 Å². The number of nitrogens with two attached hydrogens (primary N) is 1. The van der Waals surface area contributed by atoms with Gasteiger partial charge in [0, 0.05) is 49.8 Å². The molecule has 156 valence electrons. The summed E-state index contributed by atoms with van der Waals surface area (Å²) in [5.41, 5.74) is 8.47. The van der Waals surface area contributed by atoms with Gasteiger partial charge in [0.2, 0.25) is 11.8 Å². The molecule has 4 rings (SSSR count). The van der Waals surface area contributed by atoms with Gasteiger partial charge in [-0.05, 0) is 41.5 Å². The van der Waals surface area contributed by atoms with E-state index in [9.17, 15) is 9.59 Å². The summed E-state index contributed by atoms with van der Waals surface area (Å²) in [5.74, 6) is 0.712. The fourth-order valence-corrected chi connectivity index (χ4v) is 5.27. The van der Waals surface area contributed by atoms with Crippen molar-refractivity contribution in [2.24, 2.45) is 11.7 Å². The molecule has 2 aliphatic heterocycles. The van der Waals surface area contributed by atoms with E-state index in [-0.39, 0.29) is 48.9 Å². The molecule has 0 radical (unpaired) electrons. The molecule has 1 aromatic carbocycles. The zero-order valence-electron chi connectivity index (χ0n) is 16.5. The molecule has 1 saturated heterocycles. The molecule has 2 aromatic rings. The Hall–Kier alpha value is -1.89. The van der Waals surface area contributed by atoms with E-state index in [0.717, 1.165) is 13.0 Å².